The van der Waals surface area contributed by atoms with Gasteiger partial charge >= 0.3 is 0 Å². The van der Waals surface area contributed by atoms with Gasteiger partial charge in [-0.25, -0.2) is 4.98 Å². The summed E-state index contributed by atoms with van der Waals surface area (Å²) in [5.74, 6) is 0.622. The molecule has 1 aliphatic heterocycles. The van der Waals surface area contributed by atoms with Crippen molar-refractivity contribution in [3.63, 3.8) is 0 Å². The van der Waals surface area contributed by atoms with Gasteiger partial charge in [0.1, 0.15) is 5.82 Å². The molecule has 3 rings (SSSR count). The summed E-state index contributed by atoms with van der Waals surface area (Å²) >= 11 is 12.0. The second kappa shape index (κ2) is 7.38. The number of anilines is 2. The van der Waals surface area contributed by atoms with Gasteiger partial charge in [-0.05, 0) is 37.4 Å². The Morgan fingerprint density at radius 1 is 1.12 bits per heavy atom. The molecular weight excluding hydrogens is 347 g/mol. The maximum atomic E-state index is 12.3. The molecule has 0 radical (unpaired) electrons. The normalized spacial score (nSPS) is 15.4. The summed E-state index contributed by atoms with van der Waals surface area (Å²) in [6, 6.07) is 8.59. The number of amides is 1. The third kappa shape index (κ3) is 3.98. The Bertz CT molecular complexity index is 728. The highest BCUT2D eigenvalue weighted by molar-refractivity contribution is 6.35. The van der Waals surface area contributed by atoms with E-state index >= 15 is 0 Å². The van der Waals surface area contributed by atoms with Gasteiger partial charge in [-0.2, -0.15) is 0 Å². The quantitative estimate of drug-likeness (QED) is 0.906. The molecule has 0 bridgehead atoms. The SMILES string of the molecule is CN1CCN(c2ccc(C(=O)Nc3cc(Cl)ccc3Cl)cn2)CC1. The number of hydrogen-bond acceptors (Lipinski definition) is 4. The second-order valence-corrected chi connectivity index (χ2v) is 6.62. The number of carbonyl (C=O) groups excluding carboxylic acids is 1. The first-order chi connectivity index (χ1) is 11.5. The average molecular weight is 365 g/mol. The highest BCUT2D eigenvalue weighted by atomic mass is 35.5. The van der Waals surface area contributed by atoms with Crippen molar-refractivity contribution in [2.45, 2.75) is 0 Å². The molecule has 5 nitrogen and oxygen atoms in total. The standard InChI is InChI=1S/C17H18Cl2N4O/c1-22-6-8-23(9-7-22)16-5-2-12(11-20-16)17(24)21-15-10-13(18)3-4-14(15)19/h2-5,10-11H,6-9H2,1H3,(H,21,24). The van der Waals surface area contributed by atoms with Crippen LogP contribution < -0.4 is 10.2 Å². The number of nitrogens with one attached hydrogen (secondary N) is 1. The highest BCUT2D eigenvalue weighted by Gasteiger charge is 2.16. The van der Waals surface area contributed by atoms with Crippen LogP contribution in [-0.2, 0) is 0 Å². The van der Waals surface area contributed by atoms with Crippen LogP contribution in [0.4, 0.5) is 11.5 Å². The van der Waals surface area contributed by atoms with Crippen molar-refractivity contribution in [2.75, 3.05) is 43.4 Å². The number of hydrogen-bond donors (Lipinski definition) is 1. The molecule has 1 N–H and O–H groups in total. The van der Waals surface area contributed by atoms with Crippen molar-refractivity contribution in [1.29, 1.82) is 0 Å². The van der Waals surface area contributed by atoms with Crippen molar-refractivity contribution < 1.29 is 4.79 Å². The van der Waals surface area contributed by atoms with Crippen LogP contribution in [0, 0.1) is 0 Å². The molecule has 0 atom stereocenters. The van der Waals surface area contributed by atoms with Crippen LogP contribution in [0.25, 0.3) is 0 Å². The second-order valence-electron chi connectivity index (χ2n) is 5.77. The van der Waals surface area contributed by atoms with Crippen molar-refractivity contribution in [3.8, 4) is 0 Å². The lowest BCUT2D eigenvalue weighted by molar-refractivity contribution is 0.102. The molecule has 1 aromatic carbocycles. The van der Waals surface area contributed by atoms with E-state index in [1.54, 1.807) is 30.5 Å². The number of aromatic nitrogens is 1. The minimum Gasteiger partial charge on any atom is -0.354 e. The molecule has 0 aliphatic carbocycles. The Morgan fingerprint density at radius 3 is 2.54 bits per heavy atom. The molecule has 0 saturated carbocycles. The number of pyridine rings is 1. The Balaban J connectivity index is 1.68. The summed E-state index contributed by atoms with van der Waals surface area (Å²) in [7, 11) is 2.11. The van der Waals surface area contributed by atoms with E-state index in [4.69, 9.17) is 23.2 Å². The van der Waals surface area contributed by atoms with E-state index in [1.165, 1.54) is 0 Å². The van der Waals surface area contributed by atoms with Gasteiger partial charge < -0.3 is 15.1 Å². The largest absolute Gasteiger partial charge is 0.354 e. The number of benzene rings is 1. The summed E-state index contributed by atoms with van der Waals surface area (Å²) in [5, 5.41) is 3.71. The first kappa shape index (κ1) is 17.0. The van der Waals surface area contributed by atoms with Crippen molar-refractivity contribution in [2.24, 2.45) is 0 Å². The van der Waals surface area contributed by atoms with E-state index in [0.717, 1.165) is 32.0 Å². The zero-order chi connectivity index (χ0) is 17.1. The Kier molecular flexibility index (Phi) is 5.23. The molecule has 2 aromatic rings. The van der Waals surface area contributed by atoms with Gasteiger partial charge in [0.2, 0.25) is 0 Å². The number of rotatable bonds is 3. The first-order valence-electron chi connectivity index (χ1n) is 7.69. The van der Waals surface area contributed by atoms with Gasteiger partial charge in [0.25, 0.3) is 5.91 Å². The maximum Gasteiger partial charge on any atom is 0.257 e. The van der Waals surface area contributed by atoms with Crippen LogP contribution in [0.15, 0.2) is 36.5 Å². The van der Waals surface area contributed by atoms with E-state index in [0.29, 0.717) is 21.3 Å². The molecular formula is C17H18Cl2N4O. The molecule has 7 heteroatoms. The zero-order valence-electron chi connectivity index (χ0n) is 13.3. The molecule has 0 spiro atoms. The van der Waals surface area contributed by atoms with E-state index in [9.17, 15) is 4.79 Å². The predicted molar refractivity (Wildman–Crippen MR) is 98.4 cm³/mol. The lowest BCUT2D eigenvalue weighted by atomic mass is 10.2. The Hall–Kier alpha value is -1.82. The summed E-state index contributed by atoms with van der Waals surface area (Å²) in [5.41, 5.74) is 0.959. The van der Waals surface area contributed by atoms with Gasteiger partial charge in [-0.3, -0.25) is 4.79 Å². The van der Waals surface area contributed by atoms with Crippen molar-refractivity contribution >= 4 is 40.6 Å². The molecule has 1 aliphatic rings. The number of likely N-dealkylation sites (N-methyl/N-ethyl adjacent to an activating group) is 1. The van der Waals surface area contributed by atoms with Gasteiger partial charge in [-0.15, -0.1) is 0 Å². The monoisotopic (exact) mass is 364 g/mol. The highest BCUT2D eigenvalue weighted by Crippen LogP contribution is 2.26. The predicted octanol–water partition coefficient (Wildman–Crippen LogP) is 3.39. The molecule has 24 heavy (non-hydrogen) atoms. The summed E-state index contributed by atoms with van der Waals surface area (Å²) in [6.45, 7) is 3.90. The number of piperazine rings is 1. The van der Waals surface area contributed by atoms with E-state index < -0.39 is 0 Å². The van der Waals surface area contributed by atoms with Gasteiger partial charge in [-0.1, -0.05) is 23.2 Å². The fraction of sp³-hybridized carbons (Fsp3) is 0.294. The summed E-state index contributed by atoms with van der Waals surface area (Å²) < 4.78 is 0. The van der Waals surface area contributed by atoms with Gasteiger partial charge in [0.05, 0.1) is 16.3 Å². The molecule has 2 heterocycles. The van der Waals surface area contributed by atoms with Gasteiger partial charge in [0.15, 0.2) is 0 Å². The lowest BCUT2D eigenvalue weighted by Crippen LogP contribution is -2.44. The van der Waals surface area contributed by atoms with E-state index in [2.05, 4.69) is 27.1 Å². The van der Waals surface area contributed by atoms with Crippen LogP contribution >= 0.6 is 23.2 Å². The Labute approximate surface area is 151 Å². The van der Waals surface area contributed by atoms with Crippen molar-refractivity contribution in [3.05, 3.63) is 52.1 Å². The van der Waals surface area contributed by atoms with Crippen LogP contribution in [-0.4, -0.2) is 49.0 Å². The third-order valence-corrected chi connectivity index (χ3v) is 4.58. The van der Waals surface area contributed by atoms with Crippen LogP contribution in [0.2, 0.25) is 10.0 Å². The molecule has 1 aromatic heterocycles. The van der Waals surface area contributed by atoms with Crippen LogP contribution in [0.1, 0.15) is 10.4 Å². The van der Waals surface area contributed by atoms with Crippen molar-refractivity contribution in [1.82, 2.24) is 9.88 Å². The summed E-state index contributed by atoms with van der Waals surface area (Å²) in [4.78, 5) is 21.3. The minimum atomic E-state index is -0.267. The van der Waals surface area contributed by atoms with Crippen LogP contribution in [0.5, 0.6) is 0 Å². The smallest absolute Gasteiger partial charge is 0.257 e. The number of carbonyl (C=O) groups is 1. The average Bonchev–Trinajstić information content (AvgIpc) is 2.59. The fourth-order valence-electron chi connectivity index (χ4n) is 2.53. The van der Waals surface area contributed by atoms with E-state index in [1.807, 2.05) is 6.07 Å². The maximum absolute atomic E-state index is 12.3. The third-order valence-electron chi connectivity index (χ3n) is 4.01. The lowest BCUT2D eigenvalue weighted by Gasteiger charge is -2.33. The first-order valence-corrected chi connectivity index (χ1v) is 8.44. The molecule has 126 valence electrons. The summed E-state index contributed by atoms with van der Waals surface area (Å²) in [6.07, 6.45) is 1.58. The molecule has 1 fully saturated rings. The molecule has 0 unspecified atom stereocenters. The molecule has 1 amide bonds. The fourth-order valence-corrected chi connectivity index (χ4v) is 2.87. The number of halogens is 2. The number of nitrogens with zero attached hydrogens (tertiary/aromatic N) is 3. The molecule has 1 saturated heterocycles. The topological polar surface area (TPSA) is 48.5 Å². The van der Waals surface area contributed by atoms with Crippen LogP contribution in [0.3, 0.4) is 0 Å². The Morgan fingerprint density at radius 2 is 1.88 bits per heavy atom. The minimum absolute atomic E-state index is 0.267. The van der Waals surface area contributed by atoms with E-state index in [-0.39, 0.29) is 5.91 Å². The zero-order valence-corrected chi connectivity index (χ0v) is 14.8. The van der Waals surface area contributed by atoms with Gasteiger partial charge in [0, 0.05) is 37.4 Å².